The SMILES string of the molecule is CC(C)(C)c1ccc(OCCn2c(N)[n+](CC(N)=O)c3ccccc32)cc1. The van der Waals surface area contributed by atoms with Crippen LogP contribution in [0.5, 0.6) is 5.75 Å². The summed E-state index contributed by atoms with van der Waals surface area (Å²) in [4.78, 5) is 11.4. The molecule has 2 aromatic carbocycles. The third-order valence-corrected chi connectivity index (χ3v) is 4.63. The number of carbonyl (C=O) groups is 1. The summed E-state index contributed by atoms with van der Waals surface area (Å²) in [7, 11) is 0. The quantitative estimate of drug-likeness (QED) is 0.656. The van der Waals surface area contributed by atoms with Crippen molar-refractivity contribution < 1.29 is 14.1 Å². The molecule has 0 fully saturated rings. The van der Waals surface area contributed by atoms with Crippen molar-refractivity contribution in [2.24, 2.45) is 5.73 Å². The van der Waals surface area contributed by atoms with Gasteiger partial charge in [-0.25, -0.2) is 9.13 Å². The Hall–Kier alpha value is -3.02. The van der Waals surface area contributed by atoms with E-state index in [1.54, 1.807) is 4.57 Å². The zero-order valence-electron chi connectivity index (χ0n) is 16.1. The molecule has 0 unspecified atom stereocenters. The molecule has 142 valence electrons. The number of hydrogen-bond acceptors (Lipinski definition) is 3. The van der Waals surface area contributed by atoms with Crippen LogP contribution in [0.1, 0.15) is 26.3 Å². The number of amides is 1. The second kappa shape index (κ2) is 7.31. The summed E-state index contributed by atoms with van der Waals surface area (Å²) in [6.07, 6.45) is 0. The van der Waals surface area contributed by atoms with Crippen LogP contribution < -0.4 is 20.8 Å². The molecule has 27 heavy (non-hydrogen) atoms. The number of hydrogen-bond donors (Lipinski definition) is 2. The second-order valence-corrected chi connectivity index (χ2v) is 7.67. The number of anilines is 1. The van der Waals surface area contributed by atoms with E-state index in [1.807, 2.05) is 41.0 Å². The molecule has 0 aliphatic heterocycles. The Morgan fingerprint density at radius 3 is 2.41 bits per heavy atom. The molecule has 0 saturated carbocycles. The van der Waals surface area contributed by atoms with Gasteiger partial charge in [0.2, 0.25) is 0 Å². The Labute approximate surface area is 159 Å². The van der Waals surface area contributed by atoms with Crippen LogP contribution in [-0.4, -0.2) is 17.1 Å². The Bertz CT molecular complexity index is 953. The van der Waals surface area contributed by atoms with Gasteiger partial charge in [-0.15, -0.1) is 0 Å². The fourth-order valence-electron chi connectivity index (χ4n) is 3.18. The molecule has 6 heteroatoms. The van der Waals surface area contributed by atoms with Crippen LogP contribution in [0.25, 0.3) is 11.0 Å². The number of nitrogens with zero attached hydrogens (tertiary/aromatic N) is 2. The van der Waals surface area contributed by atoms with E-state index < -0.39 is 5.91 Å². The third kappa shape index (κ3) is 4.05. The lowest BCUT2D eigenvalue weighted by atomic mass is 9.87. The maximum atomic E-state index is 11.4. The first-order chi connectivity index (χ1) is 12.8. The molecule has 0 aliphatic rings. The van der Waals surface area contributed by atoms with Gasteiger partial charge in [0, 0.05) is 0 Å². The standard InChI is InChI=1S/C21H26N4O2/c1-21(2,3)15-8-10-16(11-9-15)27-13-12-24-17-6-4-5-7-18(17)25(20(24)23)14-19(22)26/h4-11,23H,12-14H2,1-3H3,(H2,22,26)/p+1. The fraction of sp³-hybridized carbons (Fsp3) is 0.333. The molecule has 0 spiro atoms. The summed E-state index contributed by atoms with van der Waals surface area (Å²) in [6.45, 7) is 7.64. The summed E-state index contributed by atoms with van der Waals surface area (Å²) < 4.78 is 9.57. The smallest absolute Gasteiger partial charge is 0.356 e. The highest BCUT2D eigenvalue weighted by atomic mass is 16.5. The number of nitrogens with two attached hydrogens (primary N) is 2. The minimum absolute atomic E-state index is 0.0501. The number of carbonyl (C=O) groups excluding carboxylic acids is 1. The van der Waals surface area contributed by atoms with Crippen molar-refractivity contribution in [3.63, 3.8) is 0 Å². The van der Waals surface area contributed by atoms with Crippen LogP contribution in [0.4, 0.5) is 5.95 Å². The number of nitrogen functional groups attached to an aromatic ring is 1. The topological polar surface area (TPSA) is 87.2 Å². The van der Waals surface area contributed by atoms with E-state index in [1.165, 1.54) is 5.56 Å². The van der Waals surface area contributed by atoms with Crippen molar-refractivity contribution >= 4 is 22.9 Å². The van der Waals surface area contributed by atoms with Crippen molar-refractivity contribution in [1.29, 1.82) is 0 Å². The van der Waals surface area contributed by atoms with Crippen LogP contribution in [0.15, 0.2) is 48.5 Å². The molecular weight excluding hydrogens is 340 g/mol. The molecule has 0 saturated heterocycles. The highest BCUT2D eigenvalue weighted by Crippen LogP contribution is 2.24. The minimum atomic E-state index is -0.426. The molecule has 0 atom stereocenters. The number of fused-ring (bicyclic) bond motifs is 1. The van der Waals surface area contributed by atoms with Crippen molar-refractivity contribution in [3.05, 3.63) is 54.1 Å². The summed E-state index contributed by atoms with van der Waals surface area (Å²) in [5.41, 5.74) is 14.8. The molecule has 4 N–H and O–H groups in total. The monoisotopic (exact) mass is 367 g/mol. The van der Waals surface area contributed by atoms with E-state index in [4.69, 9.17) is 16.2 Å². The highest BCUT2D eigenvalue weighted by Gasteiger charge is 2.21. The second-order valence-electron chi connectivity index (χ2n) is 7.67. The molecule has 1 heterocycles. The predicted octanol–water partition coefficient (Wildman–Crippen LogP) is 2.37. The molecule has 3 rings (SSSR count). The molecule has 0 aliphatic carbocycles. The van der Waals surface area contributed by atoms with Gasteiger partial charge in [-0.2, -0.15) is 0 Å². The Kier molecular flexibility index (Phi) is 5.08. The first-order valence-electron chi connectivity index (χ1n) is 9.05. The zero-order valence-corrected chi connectivity index (χ0v) is 16.1. The minimum Gasteiger partial charge on any atom is -0.490 e. The van der Waals surface area contributed by atoms with E-state index in [0.29, 0.717) is 19.1 Å². The van der Waals surface area contributed by atoms with E-state index in [2.05, 4.69) is 32.9 Å². The number of rotatable bonds is 6. The van der Waals surface area contributed by atoms with Gasteiger partial charge in [0.1, 0.15) is 29.9 Å². The van der Waals surface area contributed by atoms with Gasteiger partial charge < -0.3 is 10.5 Å². The maximum Gasteiger partial charge on any atom is 0.356 e. The van der Waals surface area contributed by atoms with E-state index in [9.17, 15) is 4.79 Å². The lowest BCUT2D eigenvalue weighted by Crippen LogP contribution is -2.42. The maximum absolute atomic E-state index is 11.4. The summed E-state index contributed by atoms with van der Waals surface area (Å²) >= 11 is 0. The van der Waals surface area contributed by atoms with Gasteiger partial charge >= 0.3 is 5.95 Å². The van der Waals surface area contributed by atoms with Crippen molar-refractivity contribution in [2.75, 3.05) is 12.3 Å². The third-order valence-electron chi connectivity index (χ3n) is 4.63. The van der Waals surface area contributed by atoms with Crippen molar-refractivity contribution in [1.82, 2.24) is 4.57 Å². The number of primary amides is 1. The van der Waals surface area contributed by atoms with Crippen LogP contribution in [0.3, 0.4) is 0 Å². The Balaban J connectivity index is 1.75. The van der Waals surface area contributed by atoms with Crippen LogP contribution in [-0.2, 0) is 23.3 Å². The summed E-state index contributed by atoms with van der Waals surface area (Å²) in [6, 6.07) is 15.9. The zero-order chi connectivity index (χ0) is 19.6. The molecular formula is C21H27N4O2+. The largest absolute Gasteiger partial charge is 0.490 e. The lowest BCUT2D eigenvalue weighted by molar-refractivity contribution is -0.644. The number of benzene rings is 2. The molecule has 6 nitrogen and oxygen atoms in total. The molecule has 1 aromatic heterocycles. The summed E-state index contributed by atoms with van der Waals surface area (Å²) in [5, 5.41) is 0. The van der Waals surface area contributed by atoms with E-state index >= 15 is 0 Å². The fourth-order valence-corrected chi connectivity index (χ4v) is 3.18. The van der Waals surface area contributed by atoms with Crippen LogP contribution in [0.2, 0.25) is 0 Å². The first-order valence-corrected chi connectivity index (χ1v) is 9.05. The van der Waals surface area contributed by atoms with Crippen LogP contribution >= 0.6 is 0 Å². The van der Waals surface area contributed by atoms with Gasteiger partial charge in [0.15, 0.2) is 6.54 Å². The molecule has 1 amide bonds. The predicted molar refractivity (Wildman–Crippen MR) is 106 cm³/mol. The van der Waals surface area contributed by atoms with E-state index in [-0.39, 0.29) is 12.0 Å². The lowest BCUT2D eigenvalue weighted by Gasteiger charge is -2.19. The average Bonchev–Trinajstić information content (AvgIpc) is 2.87. The van der Waals surface area contributed by atoms with Gasteiger partial charge in [-0.3, -0.25) is 10.5 Å². The normalized spacial score (nSPS) is 11.7. The number of aromatic nitrogens is 2. The summed E-state index contributed by atoms with van der Waals surface area (Å²) in [5.74, 6) is 0.884. The van der Waals surface area contributed by atoms with Gasteiger partial charge in [0.05, 0.1) is 0 Å². The first kappa shape index (κ1) is 18.8. The van der Waals surface area contributed by atoms with Crippen molar-refractivity contribution in [2.45, 2.75) is 39.3 Å². The highest BCUT2D eigenvalue weighted by molar-refractivity contribution is 5.76. The Morgan fingerprint density at radius 2 is 1.78 bits per heavy atom. The average molecular weight is 367 g/mol. The number of imidazole rings is 1. The van der Waals surface area contributed by atoms with Crippen molar-refractivity contribution in [3.8, 4) is 5.75 Å². The van der Waals surface area contributed by atoms with Crippen LogP contribution in [0, 0.1) is 0 Å². The number of ether oxygens (including phenoxy) is 1. The van der Waals surface area contributed by atoms with E-state index in [0.717, 1.165) is 16.8 Å². The Morgan fingerprint density at radius 1 is 1.11 bits per heavy atom. The van der Waals surface area contributed by atoms with Gasteiger partial charge in [-0.05, 0) is 35.2 Å². The molecule has 0 radical (unpaired) electrons. The molecule has 3 aromatic rings. The molecule has 0 bridgehead atoms. The van der Waals surface area contributed by atoms with Gasteiger partial charge in [-0.1, -0.05) is 45.0 Å². The number of para-hydroxylation sites is 2. The van der Waals surface area contributed by atoms with Gasteiger partial charge in [0.25, 0.3) is 5.91 Å².